The molecule has 0 unspecified atom stereocenters. The summed E-state index contributed by atoms with van der Waals surface area (Å²) < 4.78 is 16.8. The lowest BCUT2D eigenvalue weighted by Crippen LogP contribution is -2.35. The van der Waals surface area contributed by atoms with Crippen molar-refractivity contribution >= 4 is 0 Å². The monoisotopic (exact) mass is 430 g/mol. The predicted octanol–water partition coefficient (Wildman–Crippen LogP) is 4.99. The highest BCUT2D eigenvalue weighted by Crippen LogP contribution is 2.26. The van der Waals surface area contributed by atoms with E-state index in [9.17, 15) is 0 Å². The summed E-state index contributed by atoms with van der Waals surface area (Å²) in [6.07, 6.45) is 5.83. The zero-order chi connectivity index (χ0) is 21.8. The normalized spacial score (nSPS) is 15.2. The number of benzene rings is 1. The molecule has 7 nitrogen and oxygen atoms in total. The fourth-order valence-corrected chi connectivity index (χ4v) is 4.00. The molecule has 4 heterocycles. The van der Waals surface area contributed by atoms with E-state index in [1.165, 1.54) is 5.56 Å². The van der Waals surface area contributed by atoms with Gasteiger partial charge in [-0.1, -0.05) is 17.3 Å². The van der Waals surface area contributed by atoms with Gasteiger partial charge in [-0.3, -0.25) is 4.90 Å². The summed E-state index contributed by atoms with van der Waals surface area (Å²) in [4.78, 5) is 11.4. The number of hydrogen-bond acceptors (Lipinski definition) is 7. The van der Waals surface area contributed by atoms with Gasteiger partial charge in [0.1, 0.15) is 11.4 Å². The summed E-state index contributed by atoms with van der Waals surface area (Å²) in [6.45, 7) is 5.77. The minimum absolute atomic E-state index is 0.460. The van der Waals surface area contributed by atoms with Crippen LogP contribution in [-0.2, 0) is 6.54 Å². The molecule has 0 spiro atoms. The first kappa shape index (κ1) is 20.5. The predicted molar refractivity (Wildman–Crippen MR) is 120 cm³/mol. The molecule has 0 amide bonds. The van der Waals surface area contributed by atoms with Crippen LogP contribution in [-0.4, -0.2) is 39.7 Å². The van der Waals surface area contributed by atoms with E-state index in [-0.39, 0.29) is 0 Å². The SMILES string of the molecule is Cc1cccc(-c2noc(-c3cccc(OCC4CCN(Cc5ccoc5)CC4)c3)n2)n1. The molecule has 1 saturated heterocycles. The first-order valence-electron chi connectivity index (χ1n) is 11.0. The van der Waals surface area contributed by atoms with Gasteiger partial charge in [-0.15, -0.1) is 0 Å². The van der Waals surface area contributed by atoms with Gasteiger partial charge >= 0.3 is 0 Å². The van der Waals surface area contributed by atoms with Crippen LogP contribution in [0, 0.1) is 12.8 Å². The molecule has 0 bridgehead atoms. The van der Waals surface area contributed by atoms with Crippen LogP contribution in [0.15, 0.2) is 70.0 Å². The summed E-state index contributed by atoms with van der Waals surface area (Å²) in [5, 5.41) is 4.09. The Labute approximate surface area is 187 Å². The molecule has 0 saturated carbocycles. The maximum absolute atomic E-state index is 6.12. The number of piperidine rings is 1. The number of aryl methyl sites for hydroxylation is 1. The highest BCUT2D eigenvalue weighted by atomic mass is 16.5. The molecular weight excluding hydrogens is 404 g/mol. The smallest absolute Gasteiger partial charge is 0.258 e. The number of aromatic nitrogens is 3. The fraction of sp³-hybridized carbons (Fsp3) is 0.320. The molecule has 1 aromatic carbocycles. The maximum atomic E-state index is 6.12. The topological polar surface area (TPSA) is 77.4 Å². The number of furan rings is 1. The third-order valence-corrected chi connectivity index (χ3v) is 5.80. The van der Waals surface area contributed by atoms with Crippen molar-refractivity contribution in [1.29, 1.82) is 0 Å². The van der Waals surface area contributed by atoms with Crippen molar-refractivity contribution in [3.8, 4) is 28.7 Å². The molecule has 1 aliphatic rings. The second kappa shape index (κ2) is 9.36. The average Bonchev–Trinajstić information content (AvgIpc) is 3.51. The molecule has 4 aromatic rings. The molecular formula is C25H26N4O3. The quantitative estimate of drug-likeness (QED) is 0.409. The first-order chi connectivity index (χ1) is 15.7. The molecule has 32 heavy (non-hydrogen) atoms. The van der Waals surface area contributed by atoms with Crippen LogP contribution in [0.5, 0.6) is 5.75 Å². The number of hydrogen-bond donors (Lipinski definition) is 0. The van der Waals surface area contributed by atoms with E-state index in [4.69, 9.17) is 13.7 Å². The van der Waals surface area contributed by atoms with Gasteiger partial charge in [0.2, 0.25) is 5.82 Å². The largest absolute Gasteiger partial charge is 0.493 e. The molecule has 1 aliphatic heterocycles. The standard InChI is InChI=1S/C25H26N4O3/c1-18-4-2-7-23(26-18)24-27-25(32-28-24)21-5-3-6-22(14-21)31-17-19-8-11-29(12-9-19)15-20-10-13-30-16-20/h2-7,10,13-14,16,19H,8-9,11-12,15,17H2,1H3. The van der Waals surface area contributed by atoms with E-state index >= 15 is 0 Å². The maximum Gasteiger partial charge on any atom is 0.258 e. The van der Waals surface area contributed by atoms with Crippen LogP contribution >= 0.6 is 0 Å². The minimum Gasteiger partial charge on any atom is -0.493 e. The number of ether oxygens (including phenoxy) is 1. The molecule has 0 N–H and O–H groups in total. The van der Waals surface area contributed by atoms with Crippen molar-refractivity contribution in [2.45, 2.75) is 26.3 Å². The van der Waals surface area contributed by atoms with E-state index in [1.54, 1.807) is 6.26 Å². The van der Waals surface area contributed by atoms with Gasteiger partial charge in [-0.2, -0.15) is 4.98 Å². The van der Waals surface area contributed by atoms with Crippen molar-refractivity contribution in [2.75, 3.05) is 19.7 Å². The van der Waals surface area contributed by atoms with Crippen LogP contribution < -0.4 is 4.74 Å². The fourth-order valence-electron chi connectivity index (χ4n) is 4.00. The highest BCUT2D eigenvalue weighted by Gasteiger charge is 2.20. The molecule has 7 heteroatoms. The third kappa shape index (κ3) is 4.89. The Morgan fingerprint density at radius 1 is 1.06 bits per heavy atom. The molecule has 0 aliphatic carbocycles. The highest BCUT2D eigenvalue weighted by molar-refractivity contribution is 5.59. The van der Waals surface area contributed by atoms with E-state index in [0.29, 0.717) is 29.9 Å². The zero-order valence-electron chi connectivity index (χ0n) is 18.1. The molecule has 0 atom stereocenters. The van der Waals surface area contributed by atoms with Gasteiger partial charge in [0.15, 0.2) is 0 Å². The van der Waals surface area contributed by atoms with Crippen molar-refractivity contribution < 1.29 is 13.7 Å². The molecule has 0 radical (unpaired) electrons. The number of nitrogens with zero attached hydrogens (tertiary/aromatic N) is 4. The number of rotatable bonds is 7. The van der Waals surface area contributed by atoms with Gasteiger partial charge in [-0.05, 0) is 75.2 Å². The minimum atomic E-state index is 0.460. The molecule has 1 fully saturated rings. The lowest BCUT2D eigenvalue weighted by Gasteiger charge is -2.31. The van der Waals surface area contributed by atoms with E-state index in [2.05, 4.69) is 20.0 Å². The average molecular weight is 431 g/mol. The van der Waals surface area contributed by atoms with Gasteiger partial charge in [0, 0.05) is 23.4 Å². The molecule has 5 rings (SSSR count). The van der Waals surface area contributed by atoms with Gasteiger partial charge in [0.05, 0.1) is 19.1 Å². The zero-order valence-corrected chi connectivity index (χ0v) is 18.1. The second-order valence-electron chi connectivity index (χ2n) is 8.28. The second-order valence-corrected chi connectivity index (χ2v) is 8.28. The van der Waals surface area contributed by atoms with Crippen molar-refractivity contribution in [1.82, 2.24) is 20.0 Å². The van der Waals surface area contributed by atoms with E-state index < -0.39 is 0 Å². The third-order valence-electron chi connectivity index (χ3n) is 5.80. The molecule has 3 aromatic heterocycles. The van der Waals surface area contributed by atoms with E-state index in [0.717, 1.165) is 49.5 Å². The van der Waals surface area contributed by atoms with Crippen LogP contribution in [0.4, 0.5) is 0 Å². The Bertz CT molecular complexity index is 1150. The van der Waals surface area contributed by atoms with Crippen molar-refractivity contribution in [3.63, 3.8) is 0 Å². The Morgan fingerprint density at radius 2 is 1.94 bits per heavy atom. The summed E-state index contributed by atoms with van der Waals surface area (Å²) in [7, 11) is 0. The summed E-state index contributed by atoms with van der Waals surface area (Å²) in [5.41, 5.74) is 3.69. The lowest BCUT2D eigenvalue weighted by molar-refractivity contribution is 0.136. The lowest BCUT2D eigenvalue weighted by atomic mass is 9.97. The van der Waals surface area contributed by atoms with Crippen LogP contribution in [0.2, 0.25) is 0 Å². The Kier molecular flexibility index (Phi) is 5.98. The van der Waals surface area contributed by atoms with Gasteiger partial charge < -0.3 is 13.7 Å². The number of pyridine rings is 1. The summed E-state index contributed by atoms with van der Waals surface area (Å²) >= 11 is 0. The molecule has 164 valence electrons. The Hall–Kier alpha value is -3.45. The van der Waals surface area contributed by atoms with E-state index in [1.807, 2.05) is 61.7 Å². The Balaban J connectivity index is 1.17. The van der Waals surface area contributed by atoms with Crippen molar-refractivity contribution in [2.24, 2.45) is 5.92 Å². The van der Waals surface area contributed by atoms with Gasteiger partial charge in [0.25, 0.3) is 5.89 Å². The van der Waals surface area contributed by atoms with Crippen LogP contribution in [0.25, 0.3) is 23.0 Å². The van der Waals surface area contributed by atoms with Crippen LogP contribution in [0.3, 0.4) is 0 Å². The van der Waals surface area contributed by atoms with Crippen LogP contribution in [0.1, 0.15) is 24.1 Å². The Morgan fingerprint density at radius 3 is 2.75 bits per heavy atom. The summed E-state index contributed by atoms with van der Waals surface area (Å²) in [6, 6.07) is 15.6. The first-order valence-corrected chi connectivity index (χ1v) is 11.0. The summed E-state index contributed by atoms with van der Waals surface area (Å²) in [5.74, 6) is 2.32. The van der Waals surface area contributed by atoms with Crippen molar-refractivity contribution in [3.05, 3.63) is 72.3 Å². The number of likely N-dealkylation sites (tertiary alicyclic amines) is 1. The van der Waals surface area contributed by atoms with Gasteiger partial charge in [-0.25, -0.2) is 4.98 Å².